The third-order valence-electron chi connectivity index (χ3n) is 1.95. The van der Waals surface area contributed by atoms with E-state index in [9.17, 15) is 0 Å². The van der Waals surface area contributed by atoms with E-state index in [4.69, 9.17) is 0 Å². The Morgan fingerprint density at radius 3 is 2.50 bits per heavy atom. The van der Waals surface area contributed by atoms with Crippen molar-refractivity contribution < 1.29 is 0 Å². The van der Waals surface area contributed by atoms with Crippen LogP contribution in [0, 0.1) is 0 Å². The van der Waals surface area contributed by atoms with E-state index in [0.29, 0.717) is 0 Å². The van der Waals surface area contributed by atoms with E-state index in [1.54, 1.807) is 11.3 Å². The van der Waals surface area contributed by atoms with E-state index in [1.807, 2.05) is 0 Å². The van der Waals surface area contributed by atoms with Crippen LogP contribution >= 0.6 is 43.2 Å². The van der Waals surface area contributed by atoms with Crippen molar-refractivity contribution in [3.05, 3.63) is 24.8 Å². The van der Waals surface area contributed by atoms with Crippen LogP contribution in [0.25, 0.3) is 6.08 Å². The highest BCUT2D eigenvalue weighted by Crippen LogP contribution is 2.33. The molecule has 0 radical (unpaired) electrons. The fraction of sp³-hybridized carbons (Fsp3) is 0.500. The SMILES string of the molecule is CC(=Cc1cc(Br)c(Br)s1)CNC(C)(C)C. The molecule has 1 aromatic rings. The van der Waals surface area contributed by atoms with Crippen molar-refractivity contribution in [1.29, 1.82) is 0 Å². The van der Waals surface area contributed by atoms with Gasteiger partial charge in [0.15, 0.2) is 0 Å². The lowest BCUT2D eigenvalue weighted by Gasteiger charge is -2.20. The van der Waals surface area contributed by atoms with Gasteiger partial charge in [0.25, 0.3) is 0 Å². The first kappa shape index (κ1) is 14.4. The summed E-state index contributed by atoms with van der Waals surface area (Å²) in [6.07, 6.45) is 2.22. The Morgan fingerprint density at radius 1 is 1.44 bits per heavy atom. The summed E-state index contributed by atoms with van der Waals surface area (Å²) in [5, 5.41) is 3.48. The summed E-state index contributed by atoms with van der Waals surface area (Å²) in [7, 11) is 0. The lowest BCUT2D eigenvalue weighted by atomic mass is 10.1. The van der Waals surface area contributed by atoms with Crippen LogP contribution in [0.4, 0.5) is 0 Å². The number of hydrogen-bond donors (Lipinski definition) is 1. The van der Waals surface area contributed by atoms with Crippen molar-refractivity contribution in [2.45, 2.75) is 33.2 Å². The number of halogens is 2. The average Bonchev–Trinajstić information content (AvgIpc) is 2.41. The van der Waals surface area contributed by atoms with Gasteiger partial charge in [-0.25, -0.2) is 0 Å². The number of nitrogens with one attached hydrogen (secondary N) is 1. The predicted molar refractivity (Wildman–Crippen MR) is 81.1 cm³/mol. The van der Waals surface area contributed by atoms with Gasteiger partial charge in [0.1, 0.15) is 0 Å². The van der Waals surface area contributed by atoms with Crippen LogP contribution in [0.5, 0.6) is 0 Å². The van der Waals surface area contributed by atoms with Crippen LogP contribution in [0.1, 0.15) is 32.6 Å². The Labute approximate surface area is 119 Å². The summed E-state index contributed by atoms with van der Waals surface area (Å²) in [6, 6.07) is 2.13. The van der Waals surface area contributed by atoms with Crippen molar-refractivity contribution in [2.75, 3.05) is 6.54 Å². The molecule has 0 saturated carbocycles. The van der Waals surface area contributed by atoms with E-state index < -0.39 is 0 Å². The molecule has 90 valence electrons. The third kappa shape index (κ3) is 5.13. The lowest BCUT2D eigenvalue weighted by Crippen LogP contribution is -2.36. The van der Waals surface area contributed by atoms with Gasteiger partial charge < -0.3 is 5.32 Å². The molecule has 1 aromatic heterocycles. The predicted octanol–water partition coefficient (Wildman–Crippen LogP) is 5.06. The molecule has 1 rings (SSSR count). The first-order chi connectivity index (χ1) is 7.28. The first-order valence-corrected chi connectivity index (χ1v) is 7.55. The zero-order valence-corrected chi connectivity index (χ0v) is 14.0. The van der Waals surface area contributed by atoms with Crippen LogP contribution < -0.4 is 5.32 Å². The fourth-order valence-electron chi connectivity index (χ4n) is 1.13. The standard InChI is InChI=1S/C12H17Br2NS/c1-8(7-15-12(2,3)4)5-9-6-10(13)11(14)16-9/h5-6,15H,7H2,1-4H3. The second-order valence-electron chi connectivity index (χ2n) is 4.86. The Kier molecular flexibility index (Phi) is 5.23. The van der Waals surface area contributed by atoms with Gasteiger partial charge in [-0.05, 0) is 71.7 Å². The summed E-state index contributed by atoms with van der Waals surface area (Å²) < 4.78 is 2.27. The minimum Gasteiger partial charge on any atom is -0.308 e. The van der Waals surface area contributed by atoms with Gasteiger partial charge in [0.05, 0.1) is 3.79 Å². The second-order valence-corrected chi connectivity index (χ2v) is 8.12. The quantitative estimate of drug-likeness (QED) is 0.787. The van der Waals surface area contributed by atoms with Crippen LogP contribution in [0.3, 0.4) is 0 Å². The molecular formula is C12H17Br2NS. The maximum atomic E-state index is 3.50. The molecule has 0 aliphatic carbocycles. The summed E-state index contributed by atoms with van der Waals surface area (Å²) >= 11 is 8.74. The molecule has 0 aliphatic rings. The van der Waals surface area contributed by atoms with Gasteiger partial charge in [-0.2, -0.15) is 0 Å². The van der Waals surface area contributed by atoms with Crippen molar-refractivity contribution in [3.8, 4) is 0 Å². The highest BCUT2D eigenvalue weighted by molar-refractivity contribution is 9.13. The Hall–Kier alpha value is 0.360. The molecule has 0 saturated heterocycles. The molecule has 0 fully saturated rings. The van der Waals surface area contributed by atoms with Crippen molar-refractivity contribution >= 4 is 49.3 Å². The zero-order chi connectivity index (χ0) is 12.3. The van der Waals surface area contributed by atoms with Gasteiger partial charge in [-0.1, -0.05) is 5.57 Å². The minimum atomic E-state index is 0.172. The van der Waals surface area contributed by atoms with Crippen LogP contribution in [-0.4, -0.2) is 12.1 Å². The first-order valence-electron chi connectivity index (χ1n) is 5.15. The average molecular weight is 367 g/mol. The van der Waals surface area contributed by atoms with Gasteiger partial charge in [0.2, 0.25) is 0 Å². The van der Waals surface area contributed by atoms with E-state index in [2.05, 4.69) is 77.0 Å². The monoisotopic (exact) mass is 365 g/mol. The molecule has 1 N–H and O–H groups in total. The van der Waals surface area contributed by atoms with E-state index in [1.165, 1.54) is 10.5 Å². The van der Waals surface area contributed by atoms with Crippen LogP contribution in [0.2, 0.25) is 0 Å². The summed E-state index contributed by atoms with van der Waals surface area (Å²) in [6.45, 7) is 9.62. The van der Waals surface area contributed by atoms with Gasteiger partial charge >= 0.3 is 0 Å². The molecule has 0 bridgehead atoms. The molecule has 1 heterocycles. The second kappa shape index (κ2) is 5.80. The molecule has 4 heteroatoms. The number of thiophene rings is 1. The molecule has 0 spiro atoms. The summed E-state index contributed by atoms with van der Waals surface area (Å²) in [5.74, 6) is 0. The lowest BCUT2D eigenvalue weighted by molar-refractivity contribution is 0.445. The van der Waals surface area contributed by atoms with Gasteiger partial charge in [-0.15, -0.1) is 11.3 Å². The fourth-order valence-corrected chi connectivity index (χ4v) is 3.25. The van der Waals surface area contributed by atoms with Crippen molar-refractivity contribution in [2.24, 2.45) is 0 Å². The number of rotatable bonds is 3. The van der Waals surface area contributed by atoms with Crippen LogP contribution in [0.15, 0.2) is 19.9 Å². The highest BCUT2D eigenvalue weighted by atomic mass is 79.9. The van der Waals surface area contributed by atoms with Crippen LogP contribution in [-0.2, 0) is 0 Å². The maximum Gasteiger partial charge on any atom is 0.0846 e. The molecule has 0 unspecified atom stereocenters. The molecule has 16 heavy (non-hydrogen) atoms. The Morgan fingerprint density at radius 2 is 2.06 bits per heavy atom. The molecule has 1 nitrogen and oxygen atoms in total. The van der Waals surface area contributed by atoms with Gasteiger partial charge in [-0.3, -0.25) is 0 Å². The largest absolute Gasteiger partial charge is 0.308 e. The minimum absolute atomic E-state index is 0.172. The number of hydrogen-bond acceptors (Lipinski definition) is 2. The Bertz CT molecular complexity index is 369. The summed E-state index contributed by atoms with van der Waals surface area (Å²) in [4.78, 5) is 1.27. The van der Waals surface area contributed by atoms with E-state index in [-0.39, 0.29) is 5.54 Å². The topological polar surface area (TPSA) is 12.0 Å². The third-order valence-corrected chi connectivity index (χ3v) is 5.15. The zero-order valence-electron chi connectivity index (χ0n) is 10.0. The smallest absolute Gasteiger partial charge is 0.0846 e. The Balaban J connectivity index is 2.63. The molecule has 0 amide bonds. The molecule has 0 aliphatic heterocycles. The van der Waals surface area contributed by atoms with E-state index in [0.717, 1.165) is 14.8 Å². The van der Waals surface area contributed by atoms with Crippen molar-refractivity contribution in [1.82, 2.24) is 5.32 Å². The molecule has 0 atom stereocenters. The molecular weight excluding hydrogens is 350 g/mol. The van der Waals surface area contributed by atoms with Crippen molar-refractivity contribution in [3.63, 3.8) is 0 Å². The van der Waals surface area contributed by atoms with Gasteiger partial charge in [0, 0.05) is 21.4 Å². The van der Waals surface area contributed by atoms with E-state index >= 15 is 0 Å². The summed E-state index contributed by atoms with van der Waals surface area (Å²) in [5.41, 5.74) is 1.52. The normalized spacial score (nSPS) is 13.2. The maximum absolute atomic E-state index is 3.50. The highest BCUT2D eigenvalue weighted by Gasteiger charge is 2.08. The molecule has 0 aromatic carbocycles.